The van der Waals surface area contributed by atoms with Gasteiger partial charge in [-0.2, -0.15) is 0 Å². The molecule has 17 heavy (non-hydrogen) atoms. The van der Waals surface area contributed by atoms with Gasteiger partial charge < -0.3 is 5.11 Å². The number of carboxylic acid groups (broad SMARTS) is 1. The van der Waals surface area contributed by atoms with Crippen molar-refractivity contribution in [2.24, 2.45) is 0 Å². The van der Waals surface area contributed by atoms with E-state index in [1.807, 2.05) is 24.3 Å². The molecule has 0 aliphatic carbocycles. The highest BCUT2D eigenvalue weighted by molar-refractivity contribution is 9.10. The number of hydrogen-bond donors (Lipinski definition) is 1. The predicted molar refractivity (Wildman–Crippen MR) is 69.5 cm³/mol. The van der Waals surface area contributed by atoms with Gasteiger partial charge in [0.05, 0.1) is 5.56 Å². The quantitative estimate of drug-likeness (QED) is 0.939. The van der Waals surface area contributed by atoms with Crippen LogP contribution in [-0.4, -0.2) is 16.1 Å². The van der Waals surface area contributed by atoms with Crippen LogP contribution in [0.15, 0.2) is 57.0 Å². The Hall–Kier alpha value is -1.33. The van der Waals surface area contributed by atoms with Crippen molar-refractivity contribution in [3.8, 4) is 0 Å². The zero-order chi connectivity index (χ0) is 12.3. The van der Waals surface area contributed by atoms with Crippen LogP contribution in [0, 0.1) is 0 Å². The van der Waals surface area contributed by atoms with Crippen LogP contribution in [0.4, 0.5) is 0 Å². The van der Waals surface area contributed by atoms with Crippen LogP contribution in [0.3, 0.4) is 0 Å². The lowest BCUT2D eigenvalue weighted by atomic mass is 10.3. The minimum atomic E-state index is -0.963. The molecule has 1 aromatic carbocycles. The molecule has 0 bridgehead atoms. The third-order valence-electron chi connectivity index (χ3n) is 2.03. The Labute approximate surface area is 111 Å². The molecule has 0 saturated heterocycles. The first kappa shape index (κ1) is 12.1. The summed E-state index contributed by atoms with van der Waals surface area (Å²) in [6.07, 6.45) is 1.36. The molecule has 0 fully saturated rings. The molecule has 3 nitrogen and oxygen atoms in total. The van der Waals surface area contributed by atoms with E-state index in [1.54, 1.807) is 12.1 Å². The molecule has 0 saturated carbocycles. The molecule has 0 amide bonds. The van der Waals surface area contributed by atoms with E-state index in [0.29, 0.717) is 0 Å². The van der Waals surface area contributed by atoms with Crippen LogP contribution in [0.1, 0.15) is 10.4 Å². The van der Waals surface area contributed by atoms with Crippen molar-refractivity contribution in [3.63, 3.8) is 0 Å². The molecule has 1 heterocycles. The molecule has 0 atom stereocenters. The Morgan fingerprint density at radius 2 is 2.00 bits per heavy atom. The van der Waals surface area contributed by atoms with Crippen molar-refractivity contribution in [1.82, 2.24) is 4.98 Å². The molecule has 0 spiro atoms. The third kappa shape index (κ3) is 3.08. The van der Waals surface area contributed by atoms with Gasteiger partial charge in [0, 0.05) is 15.6 Å². The molecular weight excluding hydrogens is 302 g/mol. The standard InChI is InChI=1S/C12H8BrNO2S/c13-9-3-1-2-4-10(9)17-11-6-5-8(7-14-11)12(15)16/h1-7H,(H,15,16). The molecule has 5 heteroatoms. The van der Waals surface area contributed by atoms with Crippen LogP contribution < -0.4 is 0 Å². The number of carbonyl (C=O) groups is 1. The molecule has 1 aromatic heterocycles. The molecular formula is C12H8BrNO2S. The maximum atomic E-state index is 10.7. The van der Waals surface area contributed by atoms with Gasteiger partial charge in [-0.1, -0.05) is 23.9 Å². The van der Waals surface area contributed by atoms with Crippen LogP contribution in [-0.2, 0) is 0 Å². The van der Waals surface area contributed by atoms with Crippen molar-refractivity contribution >= 4 is 33.7 Å². The number of halogens is 1. The van der Waals surface area contributed by atoms with Crippen LogP contribution in [0.25, 0.3) is 0 Å². The molecule has 0 radical (unpaired) electrons. The maximum absolute atomic E-state index is 10.7. The fraction of sp³-hybridized carbons (Fsp3) is 0. The average molecular weight is 310 g/mol. The smallest absolute Gasteiger partial charge is 0.337 e. The van der Waals surface area contributed by atoms with Crippen LogP contribution in [0.2, 0.25) is 0 Å². The summed E-state index contributed by atoms with van der Waals surface area (Å²) < 4.78 is 0.995. The number of hydrogen-bond acceptors (Lipinski definition) is 3. The lowest BCUT2D eigenvalue weighted by molar-refractivity contribution is 0.0696. The number of rotatable bonds is 3. The van der Waals surface area contributed by atoms with Gasteiger partial charge in [-0.15, -0.1) is 0 Å². The van der Waals surface area contributed by atoms with E-state index < -0.39 is 5.97 Å². The van der Waals surface area contributed by atoms with Crippen molar-refractivity contribution in [2.75, 3.05) is 0 Å². The second-order valence-electron chi connectivity index (χ2n) is 3.22. The SMILES string of the molecule is O=C(O)c1ccc(Sc2ccccc2Br)nc1. The van der Waals surface area contributed by atoms with Crippen molar-refractivity contribution < 1.29 is 9.90 Å². The van der Waals surface area contributed by atoms with E-state index in [1.165, 1.54) is 18.0 Å². The van der Waals surface area contributed by atoms with Gasteiger partial charge in [-0.3, -0.25) is 0 Å². The maximum Gasteiger partial charge on any atom is 0.337 e. The van der Waals surface area contributed by atoms with Gasteiger partial charge >= 0.3 is 5.97 Å². The monoisotopic (exact) mass is 309 g/mol. The molecule has 0 aliphatic rings. The zero-order valence-electron chi connectivity index (χ0n) is 8.63. The number of pyridine rings is 1. The second-order valence-corrected chi connectivity index (χ2v) is 5.14. The predicted octanol–water partition coefficient (Wildman–Crippen LogP) is 3.69. The first-order chi connectivity index (χ1) is 8.16. The normalized spacial score (nSPS) is 10.2. The lowest BCUT2D eigenvalue weighted by Gasteiger charge is -2.03. The number of benzene rings is 1. The summed E-state index contributed by atoms with van der Waals surface area (Å²) in [5.74, 6) is -0.963. The van der Waals surface area contributed by atoms with Gasteiger partial charge in [0.1, 0.15) is 5.03 Å². The summed E-state index contributed by atoms with van der Waals surface area (Å²) in [7, 11) is 0. The highest BCUT2D eigenvalue weighted by atomic mass is 79.9. The average Bonchev–Trinajstić information content (AvgIpc) is 2.33. The fourth-order valence-corrected chi connectivity index (χ4v) is 2.51. The molecule has 0 aliphatic heterocycles. The molecule has 86 valence electrons. The summed E-state index contributed by atoms with van der Waals surface area (Å²) in [6.45, 7) is 0. The number of nitrogens with zero attached hydrogens (tertiary/aromatic N) is 1. The number of aromatic carboxylic acids is 1. The summed E-state index contributed by atoms with van der Waals surface area (Å²) in [5.41, 5.74) is 0.196. The highest BCUT2D eigenvalue weighted by Crippen LogP contribution is 2.31. The van der Waals surface area contributed by atoms with Crippen molar-refractivity contribution in [2.45, 2.75) is 9.92 Å². The first-order valence-electron chi connectivity index (χ1n) is 4.78. The molecule has 2 rings (SSSR count). The second kappa shape index (κ2) is 5.33. The largest absolute Gasteiger partial charge is 0.478 e. The summed E-state index contributed by atoms with van der Waals surface area (Å²) in [6, 6.07) is 11.1. The minimum absolute atomic E-state index is 0.196. The van der Waals surface area contributed by atoms with Gasteiger partial charge in [-0.25, -0.2) is 9.78 Å². The summed E-state index contributed by atoms with van der Waals surface area (Å²) >= 11 is 4.93. The Bertz CT molecular complexity index is 542. The zero-order valence-corrected chi connectivity index (χ0v) is 11.0. The van der Waals surface area contributed by atoms with Crippen molar-refractivity contribution in [1.29, 1.82) is 0 Å². The minimum Gasteiger partial charge on any atom is -0.478 e. The van der Waals surface area contributed by atoms with E-state index >= 15 is 0 Å². The third-order valence-corrected chi connectivity index (χ3v) is 4.01. The Kier molecular flexibility index (Phi) is 3.81. The summed E-state index contributed by atoms with van der Waals surface area (Å²) in [5, 5.41) is 9.52. The topological polar surface area (TPSA) is 50.2 Å². The fourth-order valence-electron chi connectivity index (χ4n) is 1.21. The summed E-state index contributed by atoms with van der Waals surface area (Å²) in [4.78, 5) is 15.8. The van der Waals surface area contributed by atoms with Gasteiger partial charge in [-0.05, 0) is 40.2 Å². The Morgan fingerprint density at radius 3 is 2.59 bits per heavy atom. The Morgan fingerprint density at radius 1 is 1.24 bits per heavy atom. The Balaban J connectivity index is 2.20. The van der Waals surface area contributed by atoms with E-state index in [0.717, 1.165) is 14.4 Å². The van der Waals surface area contributed by atoms with Gasteiger partial charge in [0.25, 0.3) is 0 Å². The van der Waals surface area contributed by atoms with E-state index in [2.05, 4.69) is 20.9 Å². The van der Waals surface area contributed by atoms with Gasteiger partial charge in [0.2, 0.25) is 0 Å². The van der Waals surface area contributed by atoms with Crippen LogP contribution in [0.5, 0.6) is 0 Å². The van der Waals surface area contributed by atoms with E-state index in [-0.39, 0.29) is 5.56 Å². The molecule has 2 aromatic rings. The van der Waals surface area contributed by atoms with E-state index in [9.17, 15) is 4.79 Å². The highest BCUT2D eigenvalue weighted by Gasteiger charge is 2.05. The molecule has 0 unspecified atom stereocenters. The molecule has 1 N–H and O–H groups in total. The van der Waals surface area contributed by atoms with Crippen molar-refractivity contribution in [3.05, 3.63) is 52.6 Å². The number of aromatic nitrogens is 1. The first-order valence-corrected chi connectivity index (χ1v) is 6.39. The van der Waals surface area contributed by atoms with E-state index in [4.69, 9.17) is 5.11 Å². The van der Waals surface area contributed by atoms with Gasteiger partial charge in [0.15, 0.2) is 0 Å². The number of carboxylic acids is 1. The van der Waals surface area contributed by atoms with Crippen LogP contribution >= 0.6 is 27.7 Å². The lowest BCUT2D eigenvalue weighted by Crippen LogP contribution is -1.96.